The Kier molecular flexibility index (Phi) is 11.8. The number of rotatable bonds is 9. The molecule has 0 aromatic rings. The van der Waals surface area contributed by atoms with Gasteiger partial charge in [-0.3, -0.25) is 4.79 Å². The van der Waals surface area contributed by atoms with Crippen molar-refractivity contribution in [1.29, 1.82) is 0 Å². The predicted molar refractivity (Wildman–Crippen MR) is 94.2 cm³/mol. The number of ether oxygens (including phenoxy) is 2. The van der Waals surface area contributed by atoms with Crippen LogP contribution in [0.2, 0.25) is 0 Å². The van der Waals surface area contributed by atoms with Crippen molar-refractivity contribution >= 4 is 5.91 Å². The van der Waals surface area contributed by atoms with E-state index >= 15 is 0 Å². The highest BCUT2D eigenvalue weighted by Gasteiger charge is 2.33. The Bertz CT molecular complexity index is 301. The highest BCUT2D eigenvalue weighted by Crippen LogP contribution is 2.22. The molecule has 0 radical (unpaired) electrons. The third-order valence-corrected chi connectivity index (χ3v) is 3.65. The molecule has 0 bridgehead atoms. The molecule has 0 aliphatic heterocycles. The summed E-state index contributed by atoms with van der Waals surface area (Å²) in [4.78, 5) is 14.4. The molecular formula is C18H39NO3. The molecule has 4 heteroatoms. The molecule has 0 N–H and O–H groups in total. The molecule has 0 aliphatic carbocycles. The summed E-state index contributed by atoms with van der Waals surface area (Å²) in [6.07, 6.45) is 0.863. The monoisotopic (exact) mass is 317 g/mol. The highest BCUT2D eigenvalue weighted by atomic mass is 16.5. The first-order valence-electron chi connectivity index (χ1n) is 8.55. The topological polar surface area (TPSA) is 38.8 Å². The molecule has 0 spiro atoms. The van der Waals surface area contributed by atoms with Crippen LogP contribution in [0.25, 0.3) is 0 Å². The first-order chi connectivity index (χ1) is 10.1. The van der Waals surface area contributed by atoms with Crippen LogP contribution >= 0.6 is 0 Å². The third kappa shape index (κ3) is 8.14. The van der Waals surface area contributed by atoms with Gasteiger partial charge in [-0.2, -0.15) is 0 Å². The fraction of sp³-hybridized carbons (Fsp3) is 0.944. The van der Waals surface area contributed by atoms with Crippen molar-refractivity contribution < 1.29 is 14.3 Å². The molecule has 0 fully saturated rings. The molecule has 0 heterocycles. The van der Waals surface area contributed by atoms with Gasteiger partial charge in [0.05, 0.1) is 24.4 Å². The lowest BCUT2D eigenvalue weighted by Crippen LogP contribution is -2.53. The molecule has 22 heavy (non-hydrogen) atoms. The predicted octanol–water partition coefficient (Wildman–Crippen LogP) is 4.13. The SMILES string of the molecule is CC.CCC(C)C(=O)N(CC)C(C)(C)COC(C)(C)COC. The van der Waals surface area contributed by atoms with Crippen molar-refractivity contribution in [3.63, 3.8) is 0 Å². The van der Waals surface area contributed by atoms with Gasteiger partial charge in [-0.25, -0.2) is 0 Å². The van der Waals surface area contributed by atoms with E-state index in [9.17, 15) is 4.79 Å². The zero-order chi connectivity index (χ0) is 18.0. The molecule has 0 saturated heterocycles. The van der Waals surface area contributed by atoms with E-state index in [1.54, 1.807) is 7.11 Å². The summed E-state index contributed by atoms with van der Waals surface area (Å²) < 4.78 is 11.1. The summed E-state index contributed by atoms with van der Waals surface area (Å²) in [6.45, 7) is 19.9. The summed E-state index contributed by atoms with van der Waals surface area (Å²) in [7, 11) is 1.67. The standard InChI is InChI=1S/C16H33NO3.C2H6/c1-9-13(3)14(18)17(10-2)15(4,5)11-20-16(6,7)12-19-8;1-2/h13H,9-12H2,1-8H3;1-2H3. The summed E-state index contributed by atoms with van der Waals surface area (Å²) in [6, 6.07) is 0. The van der Waals surface area contributed by atoms with Gasteiger partial charge in [0, 0.05) is 19.6 Å². The van der Waals surface area contributed by atoms with Crippen LogP contribution in [0.5, 0.6) is 0 Å². The van der Waals surface area contributed by atoms with Crippen LogP contribution < -0.4 is 0 Å². The third-order valence-electron chi connectivity index (χ3n) is 3.65. The van der Waals surface area contributed by atoms with Crippen LogP contribution in [0, 0.1) is 5.92 Å². The van der Waals surface area contributed by atoms with E-state index in [4.69, 9.17) is 9.47 Å². The maximum atomic E-state index is 12.4. The maximum absolute atomic E-state index is 12.4. The highest BCUT2D eigenvalue weighted by molar-refractivity contribution is 5.79. The number of amides is 1. The van der Waals surface area contributed by atoms with E-state index in [1.165, 1.54) is 0 Å². The number of nitrogens with zero attached hydrogens (tertiary/aromatic N) is 1. The quantitative estimate of drug-likeness (QED) is 0.642. The van der Waals surface area contributed by atoms with Crippen molar-refractivity contribution in [2.45, 2.75) is 79.9 Å². The second-order valence-corrected chi connectivity index (χ2v) is 6.69. The van der Waals surface area contributed by atoms with Gasteiger partial charge in [0.1, 0.15) is 0 Å². The van der Waals surface area contributed by atoms with Crippen molar-refractivity contribution in [3.05, 3.63) is 0 Å². The number of likely N-dealkylation sites (N-methyl/N-ethyl adjacent to an activating group) is 1. The molecule has 0 saturated carbocycles. The zero-order valence-corrected chi connectivity index (χ0v) is 16.6. The fourth-order valence-electron chi connectivity index (χ4n) is 2.16. The molecule has 0 rings (SSSR count). The van der Waals surface area contributed by atoms with E-state index < -0.39 is 0 Å². The first kappa shape index (κ1) is 23.7. The van der Waals surface area contributed by atoms with E-state index in [-0.39, 0.29) is 23.0 Å². The zero-order valence-electron chi connectivity index (χ0n) is 16.6. The molecule has 0 aromatic heterocycles. The number of hydrogen-bond donors (Lipinski definition) is 0. The molecule has 1 atom stereocenters. The van der Waals surface area contributed by atoms with Gasteiger partial charge in [0.25, 0.3) is 0 Å². The normalized spacial score (nSPS) is 13.2. The lowest BCUT2D eigenvalue weighted by molar-refractivity contribution is -0.148. The van der Waals surface area contributed by atoms with Crippen molar-refractivity contribution in [3.8, 4) is 0 Å². The second kappa shape index (κ2) is 11.0. The molecular weight excluding hydrogens is 278 g/mol. The Labute approximate surface area is 138 Å². The maximum Gasteiger partial charge on any atom is 0.225 e. The van der Waals surface area contributed by atoms with Gasteiger partial charge < -0.3 is 14.4 Å². The summed E-state index contributed by atoms with van der Waals surface area (Å²) in [5.41, 5.74) is -0.662. The summed E-state index contributed by atoms with van der Waals surface area (Å²) in [5, 5.41) is 0. The molecule has 1 amide bonds. The van der Waals surface area contributed by atoms with E-state index in [0.717, 1.165) is 6.42 Å². The van der Waals surface area contributed by atoms with Gasteiger partial charge in [0.2, 0.25) is 5.91 Å². The average Bonchev–Trinajstić information content (AvgIpc) is 2.47. The van der Waals surface area contributed by atoms with E-state index in [1.807, 2.05) is 53.4 Å². The lowest BCUT2D eigenvalue weighted by atomic mass is 9.99. The average molecular weight is 318 g/mol. The van der Waals surface area contributed by atoms with E-state index in [2.05, 4.69) is 13.8 Å². The summed E-state index contributed by atoms with van der Waals surface area (Å²) in [5.74, 6) is 0.259. The minimum atomic E-state index is -0.342. The van der Waals surface area contributed by atoms with Crippen molar-refractivity contribution in [1.82, 2.24) is 4.90 Å². The Morgan fingerprint density at radius 2 is 1.59 bits per heavy atom. The van der Waals surface area contributed by atoms with Gasteiger partial charge in [-0.1, -0.05) is 27.7 Å². The smallest absolute Gasteiger partial charge is 0.225 e. The number of carbonyl (C=O) groups excluding carboxylic acids is 1. The minimum absolute atomic E-state index is 0.0567. The fourth-order valence-corrected chi connectivity index (χ4v) is 2.16. The van der Waals surface area contributed by atoms with Gasteiger partial charge >= 0.3 is 0 Å². The minimum Gasteiger partial charge on any atom is -0.382 e. The van der Waals surface area contributed by atoms with Gasteiger partial charge in [-0.05, 0) is 41.0 Å². The molecule has 0 aliphatic rings. The number of carbonyl (C=O) groups is 1. The van der Waals surface area contributed by atoms with E-state index in [0.29, 0.717) is 19.8 Å². The Morgan fingerprint density at radius 3 is 1.95 bits per heavy atom. The van der Waals surface area contributed by atoms with Crippen molar-refractivity contribution in [2.24, 2.45) is 5.92 Å². The van der Waals surface area contributed by atoms with Gasteiger partial charge in [-0.15, -0.1) is 0 Å². The van der Waals surface area contributed by atoms with Crippen LogP contribution in [0.3, 0.4) is 0 Å². The van der Waals surface area contributed by atoms with Crippen LogP contribution in [-0.2, 0) is 14.3 Å². The van der Waals surface area contributed by atoms with Crippen molar-refractivity contribution in [2.75, 3.05) is 26.9 Å². The first-order valence-corrected chi connectivity index (χ1v) is 8.55. The lowest BCUT2D eigenvalue weighted by Gasteiger charge is -2.41. The number of methoxy groups -OCH3 is 1. The number of hydrogen-bond acceptors (Lipinski definition) is 3. The van der Waals surface area contributed by atoms with Crippen LogP contribution in [0.1, 0.15) is 68.7 Å². The van der Waals surface area contributed by atoms with Gasteiger partial charge in [0.15, 0.2) is 0 Å². The molecule has 134 valence electrons. The van der Waals surface area contributed by atoms with Crippen LogP contribution in [0.15, 0.2) is 0 Å². The Morgan fingerprint density at radius 1 is 1.09 bits per heavy atom. The Hall–Kier alpha value is -0.610. The summed E-state index contributed by atoms with van der Waals surface area (Å²) >= 11 is 0. The second-order valence-electron chi connectivity index (χ2n) is 6.69. The molecule has 4 nitrogen and oxygen atoms in total. The molecule has 1 unspecified atom stereocenters. The van der Waals surface area contributed by atoms with Crippen LogP contribution in [-0.4, -0.2) is 48.8 Å². The molecule has 0 aromatic carbocycles. The largest absolute Gasteiger partial charge is 0.382 e. The Balaban J connectivity index is 0. The van der Waals surface area contributed by atoms with Crippen LogP contribution in [0.4, 0.5) is 0 Å².